The zero-order valence-corrected chi connectivity index (χ0v) is 13.6. The minimum Gasteiger partial charge on any atom is -0.382 e. The Labute approximate surface area is 123 Å². The molecule has 20 heavy (non-hydrogen) atoms. The molecule has 0 aliphatic heterocycles. The van der Waals surface area contributed by atoms with Crippen LogP contribution in [0.5, 0.6) is 0 Å². The van der Waals surface area contributed by atoms with Crippen LogP contribution in [0.3, 0.4) is 0 Å². The normalized spacial score (nSPS) is 14.7. The van der Waals surface area contributed by atoms with Crippen molar-refractivity contribution in [3.05, 3.63) is 12.2 Å². The monoisotopic (exact) mass is 282 g/mol. The minimum atomic E-state index is 0.310. The molecule has 0 aromatic carbocycles. The molecule has 0 fully saturated rings. The molecule has 0 saturated heterocycles. The van der Waals surface area contributed by atoms with Crippen LogP contribution in [0.1, 0.15) is 46.4 Å². The van der Waals surface area contributed by atoms with Crippen molar-refractivity contribution < 1.29 is 4.74 Å². The maximum atomic E-state index is 5.33. The van der Waals surface area contributed by atoms with Gasteiger partial charge < -0.3 is 10.1 Å². The first-order chi connectivity index (χ1) is 9.56. The van der Waals surface area contributed by atoms with Crippen LogP contribution in [-0.2, 0) is 17.7 Å². The first-order valence-corrected chi connectivity index (χ1v) is 7.69. The minimum absolute atomic E-state index is 0.310. The Bertz CT molecular complexity index is 365. The number of methoxy groups -OCH3 is 1. The van der Waals surface area contributed by atoms with Crippen molar-refractivity contribution in [3.63, 3.8) is 0 Å². The van der Waals surface area contributed by atoms with Gasteiger partial charge in [-0.3, -0.25) is 0 Å². The van der Waals surface area contributed by atoms with Crippen molar-refractivity contribution in [2.45, 2.75) is 65.6 Å². The zero-order chi connectivity index (χ0) is 15.0. The summed E-state index contributed by atoms with van der Waals surface area (Å²) in [6, 6.07) is 0.438. The molecule has 5 heteroatoms. The molecule has 1 aromatic heterocycles. The molecular weight excluding hydrogens is 252 g/mol. The van der Waals surface area contributed by atoms with E-state index in [9.17, 15) is 0 Å². The predicted molar refractivity (Wildman–Crippen MR) is 81.7 cm³/mol. The summed E-state index contributed by atoms with van der Waals surface area (Å²) in [4.78, 5) is 4.42. The van der Waals surface area contributed by atoms with Crippen LogP contribution in [0.15, 0.2) is 6.33 Å². The highest BCUT2D eigenvalue weighted by atomic mass is 16.5. The summed E-state index contributed by atoms with van der Waals surface area (Å²) in [5, 5.41) is 7.88. The summed E-state index contributed by atoms with van der Waals surface area (Å²) in [5.74, 6) is 1.66. The Morgan fingerprint density at radius 3 is 2.65 bits per heavy atom. The van der Waals surface area contributed by atoms with Gasteiger partial charge in [0.2, 0.25) is 0 Å². The lowest BCUT2D eigenvalue weighted by molar-refractivity contribution is 0.106. The Morgan fingerprint density at radius 2 is 2.05 bits per heavy atom. The van der Waals surface area contributed by atoms with Gasteiger partial charge in [0, 0.05) is 26.1 Å². The number of ether oxygens (including phenoxy) is 1. The van der Waals surface area contributed by atoms with E-state index in [0.29, 0.717) is 18.1 Å². The Morgan fingerprint density at radius 1 is 1.30 bits per heavy atom. The van der Waals surface area contributed by atoms with Crippen molar-refractivity contribution >= 4 is 0 Å². The fourth-order valence-electron chi connectivity index (χ4n) is 2.28. The summed E-state index contributed by atoms with van der Waals surface area (Å²) in [6.45, 7) is 10.6. The lowest BCUT2D eigenvalue weighted by atomic mass is 10.0. The largest absolute Gasteiger partial charge is 0.382 e. The van der Waals surface area contributed by atoms with Gasteiger partial charge in [0.15, 0.2) is 0 Å². The third kappa shape index (κ3) is 6.01. The fraction of sp³-hybridized carbons (Fsp3) is 0.867. The van der Waals surface area contributed by atoms with Crippen LogP contribution < -0.4 is 5.32 Å². The number of likely N-dealkylation sites (N-methyl/N-ethyl adjacent to an activating group) is 1. The first-order valence-electron chi connectivity index (χ1n) is 7.69. The van der Waals surface area contributed by atoms with Crippen molar-refractivity contribution in [2.75, 3.05) is 13.7 Å². The van der Waals surface area contributed by atoms with E-state index in [1.54, 1.807) is 13.4 Å². The summed E-state index contributed by atoms with van der Waals surface area (Å²) < 4.78 is 7.37. The third-order valence-electron chi connectivity index (χ3n) is 3.48. The van der Waals surface area contributed by atoms with Gasteiger partial charge in [-0.25, -0.2) is 9.67 Å². The maximum absolute atomic E-state index is 5.33. The number of hydrogen-bond donors (Lipinski definition) is 1. The average molecular weight is 282 g/mol. The molecule has 0 saturated carbocycles. The van der Waals surface area contributed by atoms with Crippen LogP contribution in [0.2, 0.25) is 0 Å². The molecular formula is C15H30N4O. The molecule has 1 heterocycles. The van der Waals surface area contributed by atoms with Gasteiger partial charge in [0.05, 0.1) is 6.10 Å². The smallest absolute Gasteiger partial charge is 0.138 e. The highest BCUT2D eigenvalue weighted by molar-refractivity contribution is 4.90. The van der Waals surface area contributed by atoms with E-state index in [1.807, 2.05) is 4.68 Å². The molecule has 0 spiro atoms. The summed E-state index contributed by atoms with van der Waals surface area (Å²) in [5.41, 5.74) is 0. The molecule has 0 aliphatic carbocycles. The first kappa shape index (κ1) is 17.1. The molecule has 1 N–H and O–H groups in total. The molecule has 0 bridgehead atoms. The highest BCUT2D eigenvalue weighted by Gasteiger charge is 2.15. The number of rotatable bonds is 10. The molecule has 0 aliphatic rings. The third-order valence-corrected chi connectivity index (χ3v) is 3.48. The second-order valence-corrected chi connectivity index (χ2v) is 5.83. The molecule has 116 valence electrons. The number of nitrogens with zero attached hydrogens (tertiary/aromatic N) is 3. The van der Waals surface area contributed by atoms with Gasteiger partial charge in [-0.05, 0) is 32.2 Å². The van der Waals surface area contributed by atoms with Gasteiger partial charge in [0.25, 0.3) is 0 Å². The van der Waals surface area contributed by atoms with Gasteiger partial charge in [0.1, 0.15) is 12.2 Å². The average Bonchev–Trinajstić information content (AvgIpc) is 2.82. The molecule has 1 rings (SSSR count). The van der Waals surface area contributed by atoms with Crippen molar-refractivity contribution in [2.24, 2.45) is 5.92 Å². The fourth-order valence-corrected chi connectivity index (χ4v) is 2.28. The van der Waals surface area contributed by atoms with E-state index in [2.05, 4.69) is 43.1 Å². The zero-order valence-electron chi connectivity index (χ0n) is 13.6. The van der Waals surface area contributed by atoms with Crippen molar-refractivity contribution in [1.29, 1.82) is 0 Å². The lowest BCUT2D eigenvalue weighted by Crippen LogP contribution is -2.33. The summed E-state index contributed by atoms with van der Waals surface area (Å²) >= 11 is 0. The SMILES string of the molecule is CCNC(CCC(C)OC)Cc1ncnn1CC(C)C. The molecule has 1 aromatic rings. The van der Waals surface area contributed by atoms with Gasteiger partial charge in [-0.2, -0.15) is 5.10 Å². The quantitative estimate of drug-likeness (QED) is 0.715. The van der Waals surface area contributed by atoms with Gasteiger partial charge in [-0.1, -0.05) is 20.8 Å². The van der Waals surface area contributed by atoms with Crippen LogP contribution >= 0.6 is 0 Å². The molecule has 0 amide bonds. The Hall–Kier alpha value is -0.940. The number of hydrogen-bond acceptors (Lipinski definition) is 4. The maximum Gasteiger partial charge on any atom is 0.138 e. The van der Waals surface area contributed by atoms with E-state index >= 15 is 0 Å². The van der Waals surface area contributed by atoms with Crippen LogP contribution in [0, 0.1) is 5.92 Å². The highest BCUT2D eigenvalue weighted by Crippen LogP contribution is 2.10. The van der Waals surface area contributed by atoms with Crippen molar-refractivity contribution in [1.82, 2.24) is 20.1 Å². The van der Waals surface area contributed by atoms with Gasteiger partial charge in [-0.15, -0.1) is 0 Å². The number of nitrogens with one attached hydrogen (secondary N) is 1. The summed E-state index contributed by atoms with van der Waals surface area (Å²) in [6.07, 6.45) is 5.06. The van der Waals surface area contributed by atoms with Crippen LogP contribution in [0.4, 0.5) is 0 Å². The second-order valence-electron chi connectivity index (χ2n) is 5.83. The van der Waals surface area contributed by atoms with Crippen molar-refractivity contribution in [3.8, 4) is 0 Å². The lowest BCUT2D eigenvalue weighted by Gasteiger charge is -2.20. The van der Waals surface area contributed by atoms with Crippen LogP contribution in [0.25, 0.3) is 0 Å². The Balaban J connectivity index is 2.58. The second kappa shape index (κ2) is 9.08. The van der Waals surface area contributed by atoms with Crippen LogP contribution in [-0.4, -0.2) is 40.6 Å². The molecule has 5 nitrogen and oxygen atoms in total. The predicted octanol–water partition coefficient (Wildman–Crippen LogP) is 2.27. The molecule has 0 radical (unpaired) electrons. The van der Waals surface area contributed by atoms with Gasteiger partial charge >= 0.3 is 0 Å². The Kier molecular flexibility index (Phi) is 7.77. The van der Waals surface area contributed by atoms with E-state index in [0.717, 1.165) is 38.2 Å². The topological polar surface area (TPSA) is 52.0 Å². The van der Waals surface area contributed by atoms with E-state index in [-0.39, 0.29) is 0 Å². The molecule has 2 atom stereocenters. The van der Waals surface area contributed by atoms with E-state index < -0.39 is 0 Å². The summed E-state index contributed by atoms with van der Waals surface area (Å²) in [7, 11) is 1.77. The standard InChI is InChI=1S/C15H30N4O/c1-6-16-14(8-7-13(4)20-5)9-15-17-11-18-19(15)10-12(2)3/h11-14,16H,6-10H2,1-5H3. The molecule has 2 unspecified atom stereocenters. The number of aromatic nitrogens is 3. The van der Waals surface area contributed by atoms with E-state index in [4.69, 9.17) is 4.74 Å². The van der Waals surface area contributed by atoms with E-state index in [1.165, 1.54) is 0 Å².